The maximum Gasteiger partial charge on any atom is 0.472 e. The van der Waals surface area contributed by atoms with Gasteiger partial charge >= 0.3 is 13.8 Å². The molecule has 0 aromatic carbocycles. The minimum atomic E-state index is -4.31. The molecule has 0 radical (unpaired) electrons. The van der Waals surface area contributed by atoms with Gasteiger partial charge in [0.15, 0.2) is 6.10 Å². The molecule has 0 bridgehead atoms. The molecule has 8 nitrogen and oxygen atoms in total. The van der Waals surface area contributed by atoms with Crippen LogP contribution in [0.2, 0.25) is 0 Å². The van der Waals surface area contributed by atoms with Gasteiger partial charge in [0.2, 0.25) is 0 Å². The van der Waals surface area contributed by atoms with E-state index in [-0.39, 0.29) is 26.2 Å². The predicted octanol–water partition coefficient (Wildman–Crippen LogP) is 12.3. The van der Waals surface area contributed by atoms with Gasteiger partial charge in [-0.3, -0.25) is 13.8 Å². The standard InChI is InChI=1S/C44H78NO7P/c1-6-8-10-12-14-16-18-20-22-23-24-25-27-29-31-33-35-37-44(46)52-43(42-51-53(47,48)50-40-38-45(3,4)5)41-49-39-36-34-32-30-28-26-21-19-17-15-13-11-9-7-2/h8,10,14,16,20,22,24-25,29,31,36,39,43H,6-7,9,11-13,15,17-19,21,23,26-28,30,32-35,37-38,40-42H2,1-5H3/p+1/b10-8-,16-14-,22-20-,25-24-,31-29-,39-36-/t43-/m1/s1. The van der Waals surface area contributed by atoms with Gasteiger partial charge < -0.3 is 18.9 Å². The molecule has 53 heavy (non-hydrogen) atoms. The third-order valence-corrected chi connectivity index (χ3v) is 9.33. The number of hydrogen-bond acceptors (Lipinski definition) is 6. The van der Waals surface area contributed by atoms with Crippen molar-refractivity contribution in [2.75, 3.05) is 47.5 Å². The number of phosphoric ester groups is 1. The van der Waals surface area contributed by atoms with Crippen LogP contribution >= 0.6 is 7.82 Å². The molecule has 0 spiro atoms. The summed E-state index contributed by atoms with van der Waals surface area (Å²) in [6, 6.07) is 0. The fourth-order valence-electron chi connectivity index (χ4n) is 5.14. The lowest BCUT2D eigenvalue weighted by molar-refractivity contribution is -0.870. The highest BCUT2D eigenvalue weighted by Gasteiger charge is 2.26. The molecule has 0 heterocycles. The third-order valence-electron chi connectivity index (χ3n) is 8.35. The van der Waals surface area contributed by atoms with Gasteiger partial charge in [0.1, 0.15) is 19.8 Å². The number of nitrogens with zero attached hydrogens (tertiary/aromatic N) is 1. The second-order valence-corrected chi connectivity index (χ2v) is 16.2. The lowest BCUT2D eigenvalue weighted by Crippen LogP contribution is -2.37. The molecular weight excluding hydrogens is 685 g/mol. The summed E-state index contributed by atoms with van der Waals surface area (Å²) in [4.78, 5) is 22.8. The molecule has 0 fully saturated rings. The first kappa shape index (κ1) is 50.8. The largest absolute Gasteiger partial charge is 0.498 e. The Bertz CT molecular complexity index is 1070. The molecule has 0 rings (SSSR count). The van der Waals surface area contributed by atoms with Crippen LogP contribution in [0.25, 0.3) is 0 Å². The number of carbonyl (C=O) groups excluding carboxylic acids is 1. The zero-order valence-electron chi connectivity index (χ0n) is 34.5. The Morgan fingerprint density at radius 2 is 1.11 bits per heavy atom. The van der Waals surface area contributed by atoms with Crippen molar-refractivity contribution in [2.45, 2.75) is 155 Å². The van der Waals surface area contributed by atoms with E-state index in [1.54, 1.807) is 6.26 Å². The molecule has 0 aliphatic carbocycles. The van der Waals surface area contributed by atoms with Crippen molar-refractivity contribution in [3.05, 3.63) is 73.1 Å². The van der Waals surface area contributed by atoms with Crippen molar-refractivity contribution < 1.29 is 37.3 Å². The van der Waals surface area contributed by atoms with Crippen LogP contribution in [-0.4, -0.2) is 69.0 Å². The summed E-state index contributed by atoms with van der Waals surface area (Å²) < 4.78 is 34.6. The van der Waals surface area contributed by atoms with Crippen LogP contribution in [-0.2, 0) is 27.9 Å². The molecule has 0 aromatic heterocycles. The lowest BCUT2D eigenvalue weighted by Gasteiger charge is -2.24. The molecule has 0 amide bonds. The summed E-state index contributed by atoms with van der Waals surface area (Å²) in [5.74, 6) is -0.395. The van der Waals surface area contributed by atoms with Gasteiger partial charge in [-0.25, -0.2) is 4.57 Å². The van der Waals surface area contributed by atoms with E-state index in [0.29, 0.717) is 17.4 Å². The topological polar surface area (TPSA) is 91.3 Å². The van der Waals surface area contributed by atoms with E-state index in [4.69, 9.17) is 18.5 Å². The summed E-state index contributed by atoms with van der Waals surface area (Å²) >= 11 is 0. The van der Waals surface area contributed by atoms with E-state index >= 15 is 0 Å². The van der Waals surface area contributed by atoms with Crippen LogP contribution in [0.5, 0.6) is 0 Å². The van der Waals surface area contributed by atoms with E-state index < -0.39 is 19.9 Å². The molecule has 0 aliphatic heterocycles. The van der Waals surface area contributed by atoms with Gasteiger partial charge in [-0.05, 0) is 63.9 Å². The zero-order chi connectivity index (χ0) is 39.1. The second kappa shape index (κ2) is 36.7. The van der Waals surface area contributed by atoms with Crippen molar-refractivity contribution in [1.29, 1.82) is 0 Å². The molecule has 0 aromatic rings. The quantitative estimate of drug-likeness (QED) is 0.0168. The van der Waals surface area contributed by atoms with Crippen LogP contribution in [0.4, 0.5) is 0 Å². The molecule has 1 unspecified atom stereocenters. The Hall–Kier alpha value is -2.22. The second-order valence-electron chi connectivity index (χ2n) is 14.7. The summed E-state index contributed by atoms with van der Waals surface area (Å²) in [7, 11) is 1.59. The van der Waals surface area contributed by atoms with Crippen LogP contribution in [0.15, 0.2) is 73.1 Å². The smallest absolute Gasteiger partial charge is 0.472 e. The van der Waals surface area contributed by atoms with Gasteiger partial charge in [0, 0.05) is 6.42 Å². The summed E-state index contributed by atoms with van der Waals surface area (Å²) in [5, 5.41) is 0. The van der Waals surface area contributed by atoms with Gasteiger partial charge in [-0.1, -0.05) is 145 Å². The zero-order valence-corrected chi connectivity index (χ0v) is 35.4. The first-order chi connectivity index (χ1) is 25.6. The minimum absolute atomic E-state index is 0.0222. The van der Waals surface area contributed by atoms with E-state index in [0.717, 1.165) is 51.4 Å². The fraction of sp³-hybridized carbons (Fsp3) is 0.705. The number of carbonyl (C=O) groups is 1. The molecule has 306 valence electrons. The maximum atomic E-state index is 12.6. The van der Waals surface area contributed by atoms with Crippen LogP contribution in [0, 0.1) is 0 Å². The molecule has 9 heteroatoms. The van der Waals surface area contributed by atoms with Crippen LogP contribution < -0.4 is 0 Å². The number of quaternary nitrogens is 1. The number of likely N-dealkylation sites (N-methyl/N-ethyl adjacent to an activating group) is 1. The van der Waals surface area contributed by atoms with Gasteiger partial charge in [0.05, 0.1) is 34.0 Å². The number of allylic oxidation sites excluding steroid dienone is 11. The number of esters is 1. The fourth-order valence-corrected chi connectivity index (χ4v) is 5.88. The van der Waals surface area contributed by atoms with Gasteiger partial charge in [-0.2, -0.15) is 0 Å². The van der Waals surface area contributed by atoms with Crippen LogP contribution in [0.3, 0.4) is 0 Å². The van der Waals surface area contributed by atoms with Crippen LogP contribution in [0.1, 0.15) is 149 Å². The molecule has 2 atom stereocenters. The molecule has 0 saturated carbocycles. The van der Waals surface area contributed by atoms with Crippen molar-refractivity contribution in [3.8, 4) is 0 Å². The summed E-state index contributed by atoms with van der Waals surface area (Å²) in [6.45, 7) is 4.73. The van der Waals surface area contributed by atoms with E-state index in [2.05, 4.69) is 74.6 Å². The van der Waals surface area contributed by atoms with Gasteiger partial charge in [-0.15, -0.1) is 0 Å². The van der Waals surface area contributed by atoms with Crippen molar-refractivity contribution >= 4 is 13.8 Å². The normalized spacial score (nSPS) is 14.5. The highest BCUT2D eigenvalue weighted by molar-refractivity contribution is 7.47. The Labute approximate surface area is 325 Å². The predicted molar refractivity (Wildman–Crippen MR) is 224 cm³/mol. The Balaban J connectivity index is 4.45. The summed E-state index contributed by atoms with van der Waals surface area (Å²) in [5.41, 5.74) is 0. The highest BCUT2D eigenvalue weighted by Crippen LogP contribution is 2.43. The number of hydrogen-bond donors (Lipinski definition) is 1. The van der Waals surface area contributed by atoms with Crippen molar-refractivity contribution in [3.63, 3.8) is 0 Å². The first-order valence-electron chi connectivity index (χ1n) is 20.7. The monoisotopic (exact) mass is 765 g/mol. The van der Waals surface area contributed by atoms with Crippen molar-refractivity contribution in [1.82, 2.24) is 0 Å². The third kappa shape index (κ3) is 40.8. The molecule has 1 N–H and O–H groups in total. The Morgan fingerprint density at radius 3 is 1.64 bits per heavy atom. The molecule has 0 saturated heterocycles. The van der Waals surface area contributed by atoms with E-state index in [9.17, 15) is 14.3 Å². The van der Waals surface area contributed by atoms with Gasteiger partial charge in [0.25, 0.3) is 0 Å². The number of phosphoric acid groups is 1. The number of ether oxygens (including phenoxy) is 2. The van der Waals surface area contributed by atoms with E-state index in [1.165, 1.54) is 70.6 Å². The lowest BCUT2D eigenvalue weighted by atomic mass is 10.0. The average molecular weight is 765 g/mol. The first-order valence-corrected chi connectivity index (χ1v) is 22.2. The van der Waals surface area contributed by atoms with E-state index in [1.807, 2.05) is 27.2 Å². The molecular formula is C44H79NO7P+. The Kier molecular flexibility index (Phi) is 35.2. The minimum Gasteiger partial charge on any atom is -0.498 e. The number of rotatable bonds is 37. The number of unbranched alkanes of at least 4 members (excludes halogenated alkanes) is 13. The maximum absolute atomic E-state index is 12.6. The van der Waals surface area contributed by atoms with Crippen molar-refractivity contribution in [2.24, 2.45) is 0 Å². The Morgan fingerprint density at radius 1 is 0.623 bits per heavy atom. The molecule has 0 aliphatic rings. The summed E-state index contributed by atoms with van der Waals surface area (Å²) in [6.07, 6.45) is 47.5. The highest BCUT2D eigenvalue weighted by atomic mass is 31.2. The SMILES string of the molecule is CC/C=C\C/C=C\C/C=C\C/C=C\C/C=C\CCCC(=O)O[C@H](CO/C=C\CCCCCCCCCCCCCC)COP(=O)(O)OCC[N+](C)(C)C. The average Bonchev–Trinajstić information content (AvgIpc) is 3.11.